The molecule has 7 heteroatoms. The highest BCUT2D eigenvalue weighted by Gasteiger charge is 2.05. The van der Waals surface area contributed by atoms with E-state index in [0.717, 1.165) is 42.5 Å². The molecule has 0 N–H and O–H groups in total. The van der Waals surface area contributed by atoms with Gasteiger partial charge in [-0.15, -0.1) is 0 Å². The van der Waals surface area contributed by atoms with Crippen LogP contribution in [0.15, 0.2) is 0 Å². The highest BCUT2D eigenvalue weighted by atomic mass is 79.9. The Bertz CT molecular complexity index is 278. The molecule has 0 spiro atoms. The van der Waals surface area contributed by atoms with Crippen molar-refractivity contribution in [2.45, 2.75) is 45.4 Å². The van der Waals surface area contributed by atoms with Crippen LogP contribution in [0.1, 0.15) is 45.4 Å². The van der Waals surface area contributed by atoms with Gasteiger partial charge in [0.1, 0.15) is 0 Å². The molecule has 0 atom stereocenters. The van der Waals surface area contributed by atoms with Crippen LogP contribution in [-0.2, 0) is 19.1 Å². The lowest BCUT2D eigenvalue weighted by atomic mass is 10.3. The third-order valence-corrected chi connectivity index (χ3v) is 5.34. The molecule has 0 aromatic heterocycles. The Hall–Kier alpha value is 0.120. The Morgan fingerprint density at radius 1 is 0.905 bits per heavy atom. The molecule has 0 fully saturated rings. The standard InChI is InChI=1S/C14H25BrO4S2/c1-2-9-18-13(16)6-11-20-21-12-7-14(17)19-10-5-3-4-8-15/h2-12H2,1H3. The number of hydrogen-bond acceptors (Lipinski definition) is 6. The first-order valence-corrected chi connectivity index (χ1v) is 10.9. The number of carbonyl (C=O) groups is 2. The second kappa shape index (κ2) is 16.5. The van der Waals surface area contributed by atoms with Gasteiger partial charge in [-0.25, -0.2) is 0 Å². The van der Waals surface area contributed by atoms with E-state index in [1.165, 1.54) is 0 Å². The van der Waals surface area contributed by atoms with Crippen molar-refractivity contribution in [1.82, 2.24) is 0 Å². The average Bonchev–Trinajstić information content (AvgIpc) is 2.48. The van der Waals surface area contributed by atoms with Crippen molar-refractivity contribution in [3.05, 3.63) is 0 Å². The molecule has 4 nitrogen and oxygen atoms in total. The van der Waals surface area contributed by atoms with E-state index in [1.807, 2.05) is 6.92 Å². The molecule has 21 heavy (non-hydrogen) atoms. The molecule has 0 saturated carbocycles. The predicted molar refractivity (Wildman–Crippen MR) is 94.0 cm³/mol. The summed E-state index contributed by atoms with van der Waals surface area (Å²) >= 11 is 3.36. The first-order chi connectivity index (χ1) is 10.2. The summed E-state index contributed by atoms with van der Waals surface area (Å²) in [6.45, 7) is 2.99. The summed E-state index contributed by atoms with van der Waals surface area (Å²) in [7, 11) is 3.19. The molecular weight excluding hydrogens is 376 g/mol. The monoisotopic (exact) mass is 400 g/mol. The van der Waals surface area contributed by atoms with Crippen molar-refractivity contribution in [2.24, 2.45) is 0 Å². The number of ether oxygens (including phenoxy) is 2. The van der Waals surface area contributed by atoms with Crippen LogP contribution in [0.25, 0.3) is 0 Å². The molecule has 0 aliphatic carbocycles. The minimum absolute atomic E-state index is 0.135. The maximum Gasteiger partial charge on any atom is 0.306 e. The molecule has 0 aromatic rings. The summed E-state index contributed by atoms with van der Waals surface area (Å²) in [6.07, 6.45) is 4.83. The van der Waals surface area contributed by atoms with Crippen LogP contribution in [0.3, 0.4) is 0 Å². The zero-order valence-electron chi connectivity index (χ0n) is 12.6. The van der Waals surface area contributed by atoms with Crippen molar-refractivity contribution < 1.29 is 19.1 Å². The molecule has 0 heterocycles. The number of unbranched alkanes of at least 4 members (excludes halogenated alkanes) is 2. The van der Waals surface area contributed by atoms with Crippen molar-refractivity contribution >= 4 is 49.5 Å². The zero-order valence-corrected chi connectivity index (χ0v) is 15.8. The minimum atomic E-state index is -0.146. The quantitative estimate of drug-likeness (QED) is 0.188. The summed E-state index contributed by atoms with van der Waals surface area (Å²) in [5.74, 6) is 1.15. The average molecular weight is 401 g/mol. The lowest BCUT2D eigenvalue weighted by molar-refractivity contribution is -0.144. The van der Waals surface area contributed by atoms with Crippen LogP contribution < -0.4 is 0 Å². The Morgan fingerprint density at radius 3 is 2.00 bits per heavy atom. The first kappa shape index (κ1) is 21.1. The normalized spacial score (nSPS) is 10.4. The molecule has 124 valence electrons. The van der Waals surface area contributed by atoms with Gasteiger partial charge in [0, 0.05) is 16.8 Å². The van der Waals surface area contributed by atoms with Gasteiger partial charge < -0.3 is 9.47 Å². The van der Waals surface area contributed by atoms with Gasteiger partial charge in [0.25, 0.3) is 0 Å². The smallest absolute Gasteiger partial charge is 0.306 e. The third kappa shape index (κ3) is 16.3. The lowest BCUT2D eigenvalue weighted by Crippen LogP contribution is -2.07. The summed E-state index contributed by atoms with van der Waals surface area (Å²) in [4.78, 5) is 22.6. The van der Waals surface area contributed by atoms with Gasteiger partial charge in [-0.1, -0.05) is 44.4 Å². The molecule has 0 amide bonds. The molecule has 0 aliphatic heterocycles. The number of rotatable bonds is 14. The lowest BCUT2D eigenvalue weighted by Gasteiger charge is -2.04. The highest BCUT2D eigenvalue weighted by Crippen LogP contribution is 2.23. The fraction of sp³-hybridized carbons (Fsp3) is 0.857. The van der Waals surface area contributed by atoms with Crippen molar-refractivity contribution in [3.63, 3.8) is 0 Å². The summed E-state index contributed by atoms with van der Waals surface area (Å²) in [6, 6.07) is 0. The molecule has 0 aliphatic rings. The maximum absolute atomic E-state index is 11.4. The van der Waals surface area contributed by atoms with Crippen LogP contribution in [0.2, 0.25) is 0 Å². The van der Waals surface area contributed by atoms with Crippen molar-refractivity contribution in [2.75, 3.05) is 30.0 Å². The van der Waals surface area contributed by atoms with E-state index in [2.05, 4.69) is 15.9 Å². The summed E-state index contributed by atoms with van der Waals surface area (Å²) < 4.78 is 10.1. The minimum Gasteiger partial charge on any atom is -0.466 e. The molecule has 0 rings (SSSR count). The van der Waals surface area contributed by atoms with E-state index >= 15 is 0 Å². The Balaban J connectivity index is 3.26. The number of alkyl halides is 1. The van der Waals surface area contributed by atoms with Crippen LogP contribution in [-0.4, -0.2) is 42.0 Å². The fourth-order valence-electron chi connectivity index (χ4n) is 1.29. The van der Waals surface area contributed by atoms with Crippen molar-refractivity contribution in [1.29, 1.82) is 0 Å². The van der Waals surface area contributed by atoms with E-state index in [9.17, 15) is 9.59 Å². The van der Waals surface area contributed by atoms with E-state index in [-0.39, 0.29) is 11.9 Å². The summed E-state index contributed by atoms with van der Waals surface area (Å²) in [5, 5.41) is 1.00. The number of hydrogen-bond donors (Lipinski definition) is 0. The highest BCUT2D eigenvalue weighted by molar-refractivity contribution is 9.09. The number of esters is 2. The van der Waals surface area contributed by atoms with Crippen LogP contribution in [0, 0.1) is 0 Å². The first-order valence-electron chi connectivity index (χ1n) is 7.32. The Kier molecular flexibility index (Phi) is 16.6. The number of carbonyl (C=O) groups excluding carboxylic acids is 2. The van der Waals surface area contributed by atoms with Gasteiger partial charge in [0.05, 0.1) is 26.1 Å². The summed E-state index contributed by atoms with van der Waals surface area (Å²) in [5.41, 5.74) is 0. The van der Waals surface area contributed by atoms with E-state index in [0.29, 0.717) is 26.1 Å². The molecule has 0 bridgehead atoms. The third-order valence-electron chi connectivity index (χ3n) is 2.37. The van der Waals surface area contributed by atoms with E-state index in [4.69, 9.17) is 9.47 Å². The molecule has 0 aromatic carbocycles. The van der Waals surface area contributed by atoms with Crippen LogP contribution in [0.4, 0.5) is 0 Å². The number of halogens is 1. The van der Waals surface area contributed by atoms with E-state index < -0.39 is 0 Å². The van der Waals surface area contributed by atoms with Gasteiger partial charge in [-0.05, 0) is 25.7 Å². The van der Waals surface area contributed by atoms with Crippen molar-refractivity contribution in [3.8, 4) is 0 Å². The zero-order chi connectivity index (χ0) is 15.8. The van der Waals surface area contributed by atoms with Gasteiger partial charge in [-0.3, -0.25) is 9.59 Å². The topological polar surface area (TPSA) is 52.6 Å². The van der Waals surface area contributed by atoms with Gasteiger partial charge in [-0.2, -0.15) is 0 Å². The molecular formula is C14H25BrO4S2. The molecule has 0 radical (unpaired) electrons. The van der Waals surface area contributed by atoms with Crippen LogP contribution >= 0.6 is 37.5 Å². The van der Waals surface area contributed by atoms with Gasteiger partial charge in [0.2, 0.25) is 0 Å². The van der Waals surface area contributed by atoms with Gasteiger partial charge >= 0.3 is 11.9 Å². The Labute approximate surface area is 144 Å². The maximum atomic E-state index is 11.4. The van der Waals surface area contributed by atoms with Gasteiger partial charge in [0.15, 0.2) is 0 Å². The van der Waals surface area contributed by atoms with E-state index in [1.54, 1.807) is 21.6 Å². The molecule has 0 unspecified atom stereocenters. The largest absolute Gasteiger partial charge is 0.466 e. The van der Waals surface area contributed by atoms with Crippen LogP contribution in [0.5, 0.6) is 0 Å². The SMILES string of the molecule is CCCOC(=O)CCSSCCC(=O)OCCCCCBr. The second-order valence-corrected chi connectivity index (χ2v) is 7.83. The second-order valence-electron chi connectivity index (χ2n) is 4.33. The predicted octanol–water partition coefficient (Wildman–Crippen LogP) is 4.21. The fourth-order valence-corrected chi connectivity index (χ4v) is 3.63. The Morgan fingerprint density at radius 2 is 1.48 bits per heavy atom. The molecule has 0 saturated heterocycles.